The van der Waals surface area contributed by atoms with Gasteiger partial charge in [-0.3, -0.25) is 4.79 Å². The summed E-state index contributed by atoms with van der Waals surface area (Å²) in [7, 11) is 0. The molecule has 0 radical (unpaired) electrons. The zero-order valence-electron chi connectivity index (χ0n) is 12.1. The third-order valence-corrected chi connectivity index (χ3v) is 4.05. The van der Waals surface area contributed by atoms with Gasteiger partial charge in [-0.2, -0.15) is 13.2 Å². The van der Waals surface area contributed by atoms with Crippen molar-refractivity contribution in [2.75, 3.05) is 0 Å². The van der Waals surface area contributed by atoms with Crippen molar-refractivity contribution in [1.82, 2.24) is 9.55 Å². The van der Waals surface area contributed by atoms with E-state index in [1.807, 2.05) is 0 Å². The Hall–Kier alpha value is -2.08. The molecule has 0 saturated heterocycles. The molecule has 3 rings (SSSR count). The number of pyridine rings is 1. The molecule has 2 aromatic rings. The predicted molar refractivity (Wildman–Crippen MR) is 81.3 cm³/mol. The molecule has 2 aromatic heterocycles. The molecule has 0 atom stereocenters. The standard InChI is InChI=1S/C16H12ClF3N2O/c1-9(23)12-11-6-2-3-8-22(11)14(13(12)16(18,19)20)10-5-4-7-21-15(10)17/h2,4-7H,3,8H2,1H3. The number of nitrogens with zero attached hydrogens (tertiary/aromatic N) is 2. The van der Waals surface area contributed by atoms with Crippen molar-refractivity contribution in [1.29, 1.82) is 0 Å². The average Bonchev–Trinajstić information content (AvgIpc) is 2.83. The molecular weight excluding hydrogens is 329 g/mol. The molecule has 0 bridgehead atoms. The zero-order chi connectivity index (χ0) is 16.8. The Kier molecular flexibility index (Phi) is 3.80. The molecule has 0 unspecified atom stereocenters. The lowest BCUT2D eigenvalue weighted by molar-refractivity contribution is -0.137. The SMILES string of the molecule is CC(=O)c1c(C(F)(F)F)c(-c2cccnc2Cl)n2c1C=CCC2. The lowest BCUT2D eigenvalue weighted by atomic mass is 10.0. The van der Waals surface area contributed by atoms with Crippen molar-refractivity contribution in [2.45, 2.75) is 26.1 Å². The largest absolute Gasteiger partial charge is 0.419 e. The van der Waals surface area contributed by atoms with Gasteiger partial charge in [-0.05, 0) is 31.6 Å². The predicted octanol–water partition coefficient (Wildman–Crippen LogP) is 4.84. The van der Waals surface area contributed by atoms with Crippen LogP contribution < -0.4 is 0 Å². The summed E-state index contributed by atoms with van der Waals surface area (Å²) in [5.74, 6) is -0.626. The highest BCUT2D eigenvalue weighted by Gasteiger charge is 2.42. The van der Waals surface area contributed by atoms with Crippen LogP contribution >= 0.6 is 11.6 Å². The first-order chi connectivity index (χ1) is 10.8. The summed E-state index contributed by atoms with van der Waals surface area (Å²) < 4.78 is 42.7. The fourth-order valence-corrected chi connectivity index (χ4v) is 3.12. The van der Waals surface area contributed by atoms with Gasteiger partial charge < -0.3 is 4.57 Å². The smallest absolute Gasteiger partial charge is 0.339 e. The zero-order valence-corrected chi connectivity index (χ0v) is 12.9. The minimum absolute atomic E-state index is 0.0250. The van der Waals surface area contributed by atoms with Gasteiger partial charge in [-0.15, -0.1) is 0 Å². The second kappa shape index (κ2) is 5.53. The number of carbonyl (C=O) groups is 1. The molecule has 120 valence electrons. The van der Waals surface area contributed by atoms with E-state index in [-0.39, 0.29) is 27.7 Å². The number of allylic oxidation sites excluding steroid dienone is 1. The third kappa shape index (κ3) is 2.57. The Morgan fingerprint density at radius 2 is 2.13 bits per heavy atom. The quantitative estimate of drug-likeness (QED) is 0.579. The van der Waals surface area contributed by atoms with E-state index in [9.17, 15) is 18.0 Å². The molecule has 0 spiro atoms. The van der Waals surface area contributed by atoms with Gasteiger partial charge in [0.15, 0.2) is 5.78 Å². The molecule has 3 heterocycles. The number of ketones is 1. The lowest BCUT2D eigenvalue weighted by Gasteiger charge is -2.16. The second-order valence-corrected chi connectivity index (χ2v) is 5.58. The molecule has 7 heteroatoms. The number of aromatic nitrogens is 2. The summed E-state index contributed by atoms with van der Waals surface area (Å²) in [4.78, 5) is 15.8. The molecule has 0 saturated carbocycles. The molecule has 3 nitrogen and oxygen atoms in total. The Labute approximate surface area is 135 Å². The van der Waals surface area contributed by atoms with E-state index in [0.717, 1.165) is 6.92 Å². The third-order valence-electron chi connectivity index (χ3n) is 3.75. The van der Waals surface area contributed by atoms with Gasteiger partial charge in [-0.25, -0.2) is 4.98 Å². The van der Waals surface area contributed by atoms with E-state index in [0.29, 0.717) is 13.0 Å². The number of Topliss-reactive ketones (excluding diaryl/α,β-unsaturated/α-hetero) is 1. The van der Waals surface area contributed by atoms with Crippen molar-refractivity contribution in [3.8, 4) is 11.3 Å². The van der Waals surface area contributed by atoms with Crippen molar-refractivity contribution in [3.05, 3.63) is 46.4 Å². The first-order valence-corrected chi connectivity index (χ1v) is 7.32. The van der Waals surface area contributed by atoms with Crippen molar-refractivity contribution >= 4 is 23.5 Å². The molecule has 23 heavy (non-hydrogen) atoms. The highest BCUT2D eigenvalue weighted by Crippen LogP contribution is 2.45. The van der Waals surface area contributed by atoms with Crippen molar-refractivity contribution in [3.63, 3.8) is 0 Å². The van der Waals surface area contributed by atoms with Crippen LogP contribution in [0.5, 0.6) is 0 Å². The average molecular weight is 341 g/mol. The Morgan fingerprint density at radius 1 is 1.39 bits per heavy atom. The Morgan fingerprint density at radius 3 is 2.74 bits per heavy atom. The summed E-state index contributed by atoms with van der Waals surface area (Å²) in [5.41, 5.74) is -0.915. The van der Waals surface area contributed by atoms with Gasteiger partial charge in [0.05, 0.1) is 22.5 Å². The van der Waals surface area contributed by atoms with Crippen molar-refractivity contribution in [2.24, 2.45) is 0 Å². The van der Waals surface area contributed by atoms with E-state index in [4.69, 9.17) is 11.6 Å². The Balaban J connectivity index is 2.46. The van der Waals surface area contributed by atoms with E-state index in [1.54, 1.807) is 12.2 Å². The van der Waals surface area contributed by atoms with Crippen LogP contribution in [0, 0.1) is 0 Å². The van der Waals surface area contributed by atoms with E-state index < -0.39 is 17.5 Å². The number of carbonyl (C=O) groups excluding carboxylic acids is 1. The summed E-state index contributed by atoms with van der Waals surface area (Å²) >= 11 is 6.02. The monoisotopic (exact) mass is 340 g/mol. The first-order valence-electron chi connectivity index (χ1n) is 6.94. The number of hydrogen-bond donors (Lipinski definition) is 0. The van der Waals surface area contributed by atoms with Gasteiger partial charge in [0.1, 0.15) is 5.15 Å². The van der Waals surface area contributed by atoms with E-state index in [1.165, 1.54) is 22.9 Å². The summed E-state index contributed by atoms with van der Waals surface area (Å²) in [6.07, 6.45) is 0.639. The molecule has 0 aliphatic carbocycles. The minimum Gasteiger partial charge on any atom is -0.339 e. The first kappa shape index (κ1) is 15.8. The van der Waals surface area contributed by atoms with Crippen LogP contribution in [-0.4, -0.2) is 15.3 Å². The van der Waals surface area contributed by atoms with Gasteiger partial charge in [0.2, 0.25) is 0 Å². The number of rotatable bonds is 2. The van der Waals surface area contributed by atoms with Gasteiger partial charge >= 0.3 is 6.18 Å². The molecule has 1 aliphatic rings. The van der Waals surface area contributed by atoms with Crippen LogP contribution in [-0.2, 0) is 12.7 Å². The van der Waals surface area contributed by atoms with Crippen LogP contribution in [0.4, 0.5) is 13.2 Å². The summed E-state index contributed by atoms with van der Waals surface area (Å²) in [6, 6.07) is 3.00. The van der Waals surface area contributed by atoms with Crippen LogP contribution in [0.25, 0.3) is 17.3 Å². The van der Waals surface area contributed by atoms with Gasteiger partial charge in [0.25, 0.3) is 0 Å². The highest BCUT2D eigenvalue weighted by molar-refractivity contribution is 6.32. The number of hydrogen-bond acceptors (Lipinski definition) is 2. The number of fused-ring (bicyclic) bond motifs is 1. The normalized spacial score (nSPS) is 14.0. The highest BCUT2D eigenvalue weighted by atomic mass is 35.5. The van der Waals surface area contributed by atoms with Crippen molar-refractivity contribution < 1.29 is 18.0 Å². The molecule has 0 amide bonds. The minimum atomic E-state index is -4.67. The summed E-state index contributed by atoms with van der Waals surface area (Å²) in [5, 5.41) is -0.0250. The number of halogens is 4. The van der Waals surface area contributed by atoms with Crippen LogP contribution in [0.1, 0.15) is 35.0 Å². The molecule has 0 aromatic carbocycles. The maximum Gasteiger partial charge on any atom is 0.419 e. The van der Waals surface area contributed by atoms with Gasteiger partial charge in [0, 0.05) is 18.3 Å². The van der Waals surface area contributed by atoms with Crippen LogP contribution in [0.3, 0.4) is 0 Å². The second-order valence-electron chi connectivity index (χ2n) is 5.22. The fraction of sp³-hybridized carbons (Fsp3) is 0.250. The topological polar surface area (TPSA) is 34.9 Å². The molecule has 0 fully saturated rings. The Bertz CT molecular complexity index is 821. The van der Waals surface area contributed by atoms with Crippen LogP contribution in [0.2, 0.25) is 5.15 Å². The molecule has 0 N–H and O–H groups in total. The van der Waals surface area contributed by atoms with Crippen LogP contribution in [0.15, 0.2) is 24.4 Å². The molecular formula is C16H12ClF3N2O. The number of alkyl halides is 3. The van der Waals surface area contributed by atoms with E-state index in [2.05, 4.69) is 4.98 Å². The van der Waals surface area contributed by atoms with Gasteiger partial charge in [-0.1, -0.05) is 17.7 Å². The van der Waals surface area contributed by atoms with E-state index >= 15 is 0 Å². The fourth-order valence-electron chi connectivity index (χ4n) is 2.92. The molecule has 1 aliphatic heterocycles. The maximum absolute atomic E-state index is 13.7. The summed E-state index contributed by atoms with van der Waals surface area (Å²) in [6.45, 7) is 1.49. The maximum atomic E-state index is 13.7. The lowest BCUT2D eigenvalue weighted by Crippen LogP contribution is -2.11.